The predicted octanol–water partition coefficient (Wildman–Crippen LogP) is 2.97. The second-order valence-corrected chi connectivity index (χ2v) is 6.78. The largest absolute Gasteiger partial charge is 0.471 e. The molecule has 0 aromatic carbocycles. The second-order valence-electron chi connectivity index (χ2n) is 5.99. The molecule has 0 saturated carbocycles. The lowest BCUT2D eigenvalue weighted by Crippen LogP contribution is -2.49. The van der Waals surface area contributed by atoms with Crippen molar-refractivity contribution in [3.05, 3.63) is 24.2 Å². The molecule has 7 nitrogen and oxygen atoms in total. The van der Waals surface area contributed by atoms with Crippen LogP contribution < -0.4 is 4.90 Å². The average molecular weight is 448 g/mol. The van der Waals surface area contributed by atoms with Gasteiger partial charge in [-0.2, -0.15) is 18.2 Å². The van der Waals surface area contributed by atoms with Gasteiger partial charge in [-0.05, 0) is 18.6 Å². The zero-order chi connectivity index (χ0) is 19.4. The van der Waals surface area contributed by atoms with Gasteiger partial charge in [-0.15, -0.1) is 0 Å². The molecule has 1 amide bonds. The highest BCUT2D eigenvalue weighted by Gasteiger charge is 2.38. The SMILES string of the molecule is O=C(CCCBr)N1CCN(c2ccc(-c3noc(C(F)(F)F)n3)cn2)CC1. The molecule has 0 aliphatic carbocycles. The number of rotatable bonds is 5. The van der Waals surface area contributed by atoms with E-state index in [1.54, 1.807) is 12.1 Å². The van der Waals surface area contributed by atoms with E-state index in [0.717, 1.165) is 11.8 Å². The van der Waals surface area contributed by atoms with Crippen LogP contribution in [0.1, 0.15) is 18.7 Å². The number of hydrogen-bond donors (Lipinski definition) is 0. The smallest absolute Gasteiger partial charge is 0.353 e. The third-order valence-electron chi connectivity index (χ3n) is 4.16. The molecule has 0 spiro atoms. The maximum atomic E-state index is 12.5. The molecule has 2 aromatic heterocycles. The Bertz CT molecular complexity index is 773. The highest BCUT2D eigenvalue weighted by molar-refractivity contribution is 9.09. The molecule has 27 heavy (non-hydrogen) atoms. The molecular weight excluding hydrogens is 431 g/mol. The Kier molecular flexibility index (Phi) is 5.98. The highest BCUT2D eigenvalue weighted by atomic mass is 79.9. The molecule has 0 atom stereocenters. The molecule has 146 valence electrons. The molecule has 0 radical (unpaired) electrons. The lowest BCUT2D eigenvalue weighted by atomic mass is 10.2. The normalized spacial score (nSPS) is 15.3. The van der Waals surface area contributed by atoms with Crippen molar-refractivity contribution >= 4 is 27.7 Å². The molecule has 3 rings (SSSR count). The number of amides is 1. The van der Waals surface area contributed by atoms with E-state index in [1.165, 1.54) is 6.20 Å². The minimum absolute atomic E-state index is 0.148. The fourth-order valence-electron chi connectivity index (χ4n) is 2.72. The Morgan fingerprint density at radius 2 is 1.96 bits per heavy atom. The third kappa shape index (κ3) is 4.76. The Labute approximate surface area is 161 Å². The zero-order valence-corrected chi connectivity index (χ0v) is 15.8. The van der Waals surface area contributed by atoms with Crippen molar-refractivity contribution < 1.29 is 22.5 Å². The van der Waals surface area contributed by atoms with Crippen molar-refractivity contribution in [1.29, 1.82) is 0 Å². The van der Waals surface area contributed by atoms with Crippen LogP contribution in [0.2, 0.25) is 0 Å². The fourth-order valence-corrected chi connectivity index (χ4v) is 3.00. The minimum atomic E-state index is -4.68. The number of carbonyl (C=O) groups is 1. The Hall–Kier alpha value is -2.17. The molecule has 2 aromatic rings. The number of carbonyl (C=O) groups excluding carboxylic acids is 1. The van der Waals surface area contributed by atoms with Crippen molar-refractivity contribution in [3.63, 3.8) is 0 Å². The second kappa shape index (κ2) is 8.24. The molecule has 11 heteroatoms. The standard InChI is InChI=1S/C16H17BrF3N5O2/c17-5-1-2-13(26)25-8-6-24(7-9-25)12-4-3-11(10-21-12)14-22-15(27-23-14)16(18,19)20/h3-4,10H,1-2,5-9H2. The number of alkyl halides is 4. The third-order valence-corrected chi connectivity index (χ3v) is 4.72. The number of hydrogen-bond acceptors (Lipinski definition) is 6. The predicted molar refractivity (Wildman–Crippen MR) is 94.4 cm³/mol. The summed E-state index contributed by atoms with van der Waals surface area (Å²) in [7, 11) is 0. The summed E-state index contributed by atoms with van der Waals surface area (Å²) in [6, 6.07) is 3.29. The fraction of sp³-hybridized carbons (Fsp3) is 0.500. The van der Waals surface area contributed by atoms with E-state index in [-0.39, 0.29) is 11.7 Å². The molecule has 1 aliphatic heterocycles. The van der Waals surface area contributed by atoms with Crippen LogP contribution in [-0.4, -0.2) is 57.4 Å². The van der Waals surface area contributed by atoms with E-state index in [1.807, 2.05) is 9.80 Å². The summed E-state index contributed by atoms with van der Waals surface area (Å²) in [5.41, 5.74) is 0.335. The molecule has 0 bridgehead atoms. The number of piperazine rings is 1. The Balaban J connectivity index is 1.60. The van der Waals surface area contributed by atoms with Crippen molar-refractivity contribution in [1.82, 2.24) is 20.0 Å². The number of nitrogens with zero attached hydrogens (tertiary/aromatic N) is 5. The van der Waals surface area contributed by atoms with E-state index in [2.05, 4.69) is 35.6 Å². The van der Waals surface area contributed by atoms with Crippen molar-refractivity contribution in [2.45, 2.75) is 19.0 Å². The van der Waals surface area contributed by atoms with Crippen LogP contribution in [0.4, 0.5) is 19.0 Å². The molecular formula is C16H17BrF3N5O2. The summed E-state index contributed by atoms with van der Waals surface area (Å²) in [4.78, 5) is 23.5. The lowest BCUT2D eigenvalue weighted by Gasteiger charge is -2.35. The van der Waals surface area contributed by atoms with Crippen molar-refractivity contribution in [2.75, 3.05) is 36.4 Å². The van der Waals surface area contributed by atoms with Crippen LogP contribution in [0.25, 0.3) is 11.4 Å². The number of aromatic nitrogens is 3. The van der Waals surface area contributed by atoms with Gasteiger partial charge in [0.15, 0.2) is 0 Å². The Morgan fingerprint density at radius 1 is 1.22 bits per heavy atom. The van der Waals surface area contributed by atoms with Gasteiger partial charge < -0.3 is 14.3 Å². The van der Waals surface area contributed by atoms with Gasteiger partial charge in [-0.3, -0.25) is 4.79 Å². The number of pyridine rings is 1. The topological polar surface area (TPSA) is 75.4 Å². The van der Waals surface area contributed by atoms with Crippen molar-refractivity contribution in [3.8, 4) is 11.4 Å². The summed E-state index contributed by atoms with van der Waals surface area (Å²) in [5.74, 6) is -0.716. The van der Waals surface area contributed by atoms with Gasteiger partial charge in [0.1, 0.15) is 5.82 Å². The van der Waals surface area contributed by atoms with Gasteiger partial charge in [-0.25, -0.2) is 4.98 Å². The van der Waals surface area contributed by atoms with Gasteiger partial charge in [0, 0.05) is 49.7 Å². The summed E-state index contributed by atoms with van der Waals surface area (Å²) >= 11 is 3.32. The van der Waals surface area contributed by atoms with E-state index in [0.29, 0.717) is 44.0 Å². The molecule has 1 aliphatic rings. The molecule has 0 unspecified atom stereocenters. The van der Waals surface area contributed by atoms with Crippen LogP contribution in [0.15, 0.2) is 22.9 Å². The summed E-state index contributed by atoms with van der Waals surface area (Å²) in [5, 5.41) is 4.15. The minimum Gasteiger partial charge on any atom is -0.353 e. The first kappa shape index (κ1) is 19.6. The molecule has 1 fully saturated rings. The Morgan fingerprint density at radius 3 is 2.52 bits per heavy atom. The van der Waals surface area contributed by atoms with Crippen LogP contribution in [0, 0.1) is 0 Å². The van der Waals surface area contributed by atoms with Crippen LogP contribution in [0.3, 0.4) is 0 Å². The molecule has 3 heterocycles. The first-order chi connectivity index (χ1) is 12.9. The monoisotopic (exact) mass is 447 g/mol. The quantitative estimate of drug-likeness (QED) is 0.655. The molecule has 1 saturated heterocycles. The van der Waals surface area contributed by atoms with E-state index in [9.17, 15) is 18.0 Å². The first-order valence-corrected chi connectivity index (χ1v) is 9.46. The van der Waals surface area contributed by atoms with E-state index >= 15 is 0 Å². The van der Waals surface area contributed by atoms with Gasteiger partial charge in [0.2, 0.25) is 11.7 Å². The van der Waals surface area contributed by atoms with Crippen LogP contribution in [-0.2, 0) is 11.0 Å². The van der Waals surface area contributed by atoms with Crippen LogP contribution in [0.5, 0.6) is 0 Å². The summed E-state index contributed by atoms with van der Waals surface area (Å²) in [6.07, 6.45) is -1.92. The average Bonchev–Trinajstić information content (AvgIpc) is 3.17. The van der Waals surface area contributed by atoms with Gasteiger partial charge in [-0.1, -0.05) is 21.1 Å². The maximum absolute atomic E-state index is 12.5. The van der Waals surface area contributed by atoms with Gasteiger partial charge in [0.25, 0.3) is 0 Å². The van der Waals surface area contributed by atoms with E-state index < -0.39 is 12.1 Å². The van der Waals surface area contributed by atoms with Gasteiger partial charge in [0.05, 0.1) is 0 Å². The first-order valence-electron chi connectivity index (χ1n) is 8.34. The molecule has 0 N–H and O–H groups in total. The van der Waals surface area contributed by atoms with Gasteiger partial charge >= 0.3 is 12.1 Å². The number of halogens is 4. The summed E-state index contributed by atoms with van der Waals surface area (Å²) in [6.45, 7) is 2.52. The zero-order valence-electron chi connectivity index (χ0n) is 14.2. The van der Waals surface area contributed by atoms with Crippen LogP contribution >= 0.6 is 15.9 Å². The highest BCUT2D eigenvalue weighted by Crippen LogP contribution is 2.29. The summed E-state index contributed by atoms with van der Waals surface area (Å²) < 4.78 is 41.8. The number of anilines is 1. The van der Waals surface area contributed by atoms with Crippen molar-refractivity contribution in [2.24, 2.45) is 0 Å². The maximum Gasteiger partial charge on any atom is 0.471 e. The lowest BCUT2D eigenvalue weighted by molar-refractivity contribution is -0.159. The van der Waals surface area contributed by atoms with E-state index in [4.69, 9.17) is 0 Å².